The topological polar surface area (TPSA) is 72.2 Å². The van der Waals surface area contributed by atoms with Crippen molar-refractivity contribution in [1.82, 2.24) is 14.9 Å². The van der Waals surface area contributed by atoms with Crippen molar-refractivity contribution >= 4 is 11.9 Å². The summed E-state index contributed by atoms with van der Waals surface area (Å²) in [4.78, 5) is 27.2. The minimum Gasteiger partial charge on any atom is -0.490 e. The molecule has 164 valence electrons. The number of rotatable bonds is 4. The lowest BCUT2D eigenvalue weighted by atomic mass is 10.0. The Labute approximate surface area is 182 Å². The van der Waals surface area contributed by atoms with Gasteiger partial charge in [0.05, 0.1) is 19.8 Å². The monoisotopic (exact) mass is 424 g/mol. The summed E-state index contributed by atoms with van der Waals surface area (Å²) in [5.74, 6) is 2.66. The zero-order valence-electron chi connectivity index (χ0n) is 17.8. The lowest BCUT2D eigenvalue weighted by Crippen LogP contribution is -3.11. The molecule has 8 nitrogen and oxygen atoms in total. The van der Waals surface area contributed by atoms with E-state index in [0.717, 1.165) is 69.4 Å². The first-order valence-corrected chi connectivity index (χ1v) is 11.3. The van der Waals surface area contributed by atoms with Gasteiger partial charge in [0.1, 0.15) is 6.04 Å². The predicted octanol–water partition coefficient (Wildman–Crippen LogP) is 0.707. The molecule has 0 bridgehead atoms. The van der Waals surface area contributed by atoms with Crippen molar-refractivity contribution in [2.24, 2.45) is 0 Å². The Kier molecular flexibility index (Phi) is 5.88. The van der Waals surface area contributed by atoms with Crippen molar-refractivity contribution in [1.29, 1.82) is 0 Å². The van der Waals surface area contributed by atoms with Gasteiger partial charge in [-0.15, -0.1) is 0 Å². The number of carbonyl (C=O) groups is 1. The van der Waals surface area contributed by atoms with Gasteiger partial charge in [0.15, 0.2) is 18.0 Å². The highest BCUT2D eigenvalue weighted by Gasteiger charge is 2.34. The van der Waals surface area contributed by atoms with Gasteiger partial charge in [-0.1, -0.05) is 0 Å². The fourth-order valence-corrected chi connectivity index (χ4v) is 4.84. The van der Waals surface area contributed by atoms with E-state index >= 15 is 0 Å². The number of nitrogens with zero attached hydrogens (tertiary/aromatic N) is 4. The van der Waals surface area contributed by atoms with E-state index in [1.165, 1.54) is 10.5 Å². The van der Waals surface area contributed by atoms with E-state index in [1.807, 2.05) is 17.0 Å². The van der Waals surface area contributed by atoms with Crippen LogP contribution in [0.3, 0.4) is 0 Å². The van der Waals surface area contributed by atoms with E-state index < -0.39 is 0 Å². The molecule has 5 rings (SSSR count). The van der Waals surface area contributed by atoms with Gasteiger partial charge in [-0.05, 0) is 24.3 Å². The Morgan fingerprint density at radius 3 is 2.61 bits per heavy atom. The van der Waals surface area contributed by atoms with Crippen LogP contribution >= 0.6 is 0 Å². The van der Waals surface area contributed by atoms with Crippen molar-refractivity contribution in [3.63, 3.8) is 0 Å². The zero-order valence-corrected chi connectivity index (χ0v) is 17.8. The van der Waals surface area contributed by atoms with Gasteiger partial charge >= 0.3 is 0 Å². The van der Waals surface area contributed by atoms with Gasteiger partial charge in [-0.3, -0.25) is 4.79 Å². The van der Waals surface area contributed by atoms with Crippen molar-refractivity contribution < 1.29 is 19.2 Å². The number of carbonyl (C=O) groups excluding carboxylic acids is 1. The van der Waals surface area contributed by atoms with Crippen LogP contribution in [0.4, 0.5) is 5.95 Å². The summed E-state index contributed by atoms with van der Waals surface area (Å²) < 4.78 is 11.7. The number of nitrogens with one attached hydrogen (secondary N) is 1. The van der Waals surface area contributed by atoms with Gasteiger partial charge in [0, 0.05) is 63.4 Å². The standard InChI is InChI=1S/C23H29N5O3/c29-22(26-10-12-27(13-11-26)23-24-7-2-8-25-23)17-28-9-1-4-19(28)18-5-6-20-21(16-18)31-15-3-14-30-20/h2,5-8,16,19H,1,3-4,9-15,17H2/p+1/t19-/m1/s1. The molecule has 2 atom stereocenters. The average molecular weight is 425 g/mol. The maximum atomic E-state index is 13.1. The minimum atomic E-state index is 0.241. The molecule has 0 saturated carbocycles. The van der Waals surface area contributed by atoms with E-state index in [9.17, 15) is 4.79 Å². The van der Waals surface area contributed by atoms with Crippen LogP contribution < -0.4 is 19.3 Å². The molecule has 1 unspecified atom stereocenters. The Morgan fingerprint density at radius 1 is 1.03 bits per heavy atom. The molecular weight excluding hydrogens is 394 g/mol. The number of hydrogen-bond donors (Lipinski definition) is 1. The highest BCUT2D eigenvalue weighted by molar-refractivity contribution is 5.77. The highest BCUT2D eigenvalue weighted by Crippen LogP contribution is 2.33. The molecule has 1 aromatic heterocycles. The number of piperazine rings is 1. The van der Waals surface area contributed by atoms with E-state index in [0.29, 0.717) is 25.8 Å². The Hall–Kier alpha value is -2.87. The average Bonchev–Trinajstić information content (AvgIpc) is 3.15. The van der Waals surface area contributed by atoms with Crippen LogP contribution in [0, 0.1) is 0 Å². The molecule has 8 heteroatoms. The van der Waals surface area contributed by atoms with Crippen LogP contribution in [-0.2, 0) is 4.79 Å². The van der Waals surface area contributed by atoms with Gasteiger partial charge in [-0.25, -0.2) is 9.97 Å². The molecule has 2 saturated heterocycles. The quantitative estimate of drug-likeness (QED) is 0.780. The van der Waals surface area contributed by atoms with Crippen molar-refractivity contribution in [3.8, 4) is 11.5 Å². The second kappa shape index (κ2) is 9.09. The molecule has 1 aromatic carbocycles. The summed E-state index contributed by atoms with van der Waals surface area (Å²) in [5.41, 5.74) is 1.25. The lowest BCUT2D eigenvalue weighted by molar-refractivity contribution is -0.910. The second-order valence-electron chi connectivity index (χ2n) is 8.45. The summed E-state index contributed by atoms with van der Waals surface area (Å²) >= 11 is 0. The van der Waals surface area contributed by atoms with E-state index in [4.69, 9.17) is 9.47 Å². The third-order valence-corrected chi connectivity index (χ3v) is 6.50. The predicted molar refractivity (Wildman–Crippen MR) is 116 cm³/mol. The molecular formula is C23H30N5O3+. The SMILES string of the molecule is O=C(C[NH+]1CCC[C@@H]1c1ccc2c(c1)OCCCO2)N1CCN(c2ncccn2)CC1. The molecule has 0 radical (unpaired) electrons. The molecule has 3 aliphatic heterocycles. The molecule has 2 aromatic rings. The summed E-state index contributed by atoms with van der Waals surface area (Å²) in [6, 6.07) is 8.45. The first-order valence-electron chi connectivity index (χ1n) is 11.3. The third kappa shape index (κ3) is 4.44. The Balaban J connectivity index is 1.20. The summed E-state index contributed by atoms with van der Waals surface area (Å²) in [7, 11) is 0. The van der Waals surface area contributed by atoms with E-state index in [-0.39, 0.29) is 5.91 Å². The number of amides is 1. The maximum absolute atomic E-state index is 13.1. The zero-order chi connectivity index (χ0) is 21.0. The Bertz CT molecular complexity index is 901. The first-order chi connectivity index (χ1) is 15.3. The van der Waals surface area contributed by atoms with Crippen molar-refractivity contribution in [2.75, 3.05) is 57.4 Å². The van der Waals surface area contributed by atoms with Crippen molar-refractivity contribution in [2.45, 2.75) is 25.3 Å². The third-order valence-electron chi connectivity index (χ3n) is 6.50. The van der Waals surface area contributed by atoms with Crippen LogP contribution in [0.5, 0.6) is 11.5 Å². The van der Waals surface area contributed by atoms with Gasteiger partial charge < -0.3 is 24.2 Å². The molecule has 0 spiro atoms. The number of ether oxygens (including phenoxy) is 2. The van der Waals surface area contributed by atoms with Crippen LogP contribution in [-0.4, -0.2) is 73.3 Å². The van der Waals surface area contributed by atoms with E-state index in [1.54, 1.807) is 12.4 Å². The molecule has 1 N–H and O–H groups in total. The van der Waals surface area contributed by atoms with Crippen LogP contribution in [0.2, 0.25) is 0 Å². The summed E-state index contributed by atoms with van der Waals surface area (Å²) in [6.07, 6.45) is 6.66. The molecule has 2 fully saturated rings. The summed E-state index contributed by atoms with van der Waals surface area (Å²) in [6.45, 7) is 5.95. The fourth-order valence-electron chi connectivity index (χ4n) is 4.84. The first kappa shape index (κ1) is 20.1. The van der Waals surface area contributed by atoms with Gasteiger partial charge in [0.25, 0.3) is 5.91 Å². The molecule has 0 aliphatic carbocycles. The van der Waals surface area contributed by atoms with E-state index in [2.05, 4.69) is 27.0 Å². The maximum Gasteiger partial charge on any atom is 0.277 e. The molecule has 31 heavy (non-hydrogen) atoms. The number of hydrogen-bond acceptors (Lipinski definition) is 6. The lowest BCUT2D eigenvalue weighted by Gasteiger charge is -2.35. The van der Waals surface area contributed by atoms with Crippen LogP contribution in [0.25, 0.3) is 0 Å². The number of benzene rings is 1. The molecule has 1 amide bonds. The van der Waals surface area contributed by atoms with Crippen LogP contribution in [0.1, 0.15) is 30.9 Å². The highest BCUT2D eigenvalue weighted by atomic mass is 16.5. The number of anilines is 1. The fraction of sp³-hybridized carbons (Fsp3) is 0.522. The number of aromatic nitrogens is 2. The molecule has 4 heterocycles. The smallest absolute Gasteiger partial charge is 0.277 e. The summed E-state index contributed by atoms with van der Waals surface area (Å²) in [5, 5.41) is 0. The largest absolute Gasteiger partial charge is 0.490 e. The molecule has 3 aliphatic rings. The van der Waals surface area contributed by atoms with Crippen molar-refractivity contribution in [3.05, 3.63) is 42.2 Å². The minimum absolute atomic E-state index is 0.241. The Morgan fingerprint density at radius 2 is 1.81 bits per heavy atom. The normalized spacial score (nSPS) is 23.5. The number of fused-ring (bicyclic) bond motifs is 1. The number of likely N-dealkylation sites (tertiary alicyclic amines) is 1. The number of quaternary nitrogens is 1. The van der Waals surface area contributed by atoms with Gasteiger partial charge in [0.2, 0.25) is 5.95 Å². The van der Waals surface area contributed by atoms with Crippen LogP contribution in [0.15, 0.2) is 36.7 Å². The second-order valence-corrected chi connectivity index (χ2v) is 8.45. The van der Waals surface area contributed by atoms with Gasteiger partial charge in [-0.2, -0.15) is 0 Å².